The van der Waals surface area contributed by atoms with Crippen molar-refractivity contribution >= 4 is 27.3 Å². The summed E-state index contributed by atoms with van der Waals surface area (Å²) in [7, 11) is -1.71. The first-order valence-electron chi connectivity index (χ1n) is 9.28. The first-order chi connectivity index (χ1) is 13.4. The maximum absolute atomic E-state index is 12.6. The van der Waals surface area contributed by atoms with Crippen molar-refractivity contribution in [3.63, 3.8) is 0 Å². The van der Waals surface area contributed by atoms with Crippen molar-refractivity contribution in [1.82, 2.24) is 4.31 Å². The van der Waals surface area contributed by atoms with Crippen molar-refractivity contribution in [2.75, 3.05) is 50.1 Å². The zero-order chi connectivity index (χ0) is 19.7. The van der Waals surface area contributed by atoms with E-state index in [1.165, 1.54) is 27.7 Å². The highest BCUT2D eigenvalue weighted by molar-refractivity contribution is 7.89. The van der Waals surface area contributed by atoms with E-state index in [2.05, 4.69) is 17.3 Å². The van der Waals surface area contributed by atoms with Gasteiger partial charge in [0.1, 0.15) is 0 Å². The number of carbonyl (C=O) groups excluding carboxylic acids is 1. The molecular weight excluding hydrogens is 382 g/mol. The van der Waals surface area contributed by atoms with E-state index < -0.39 is 15.9 Å². The molecule has 2 aliphatic rings. The number of nitrogens with one attached hydrogen (secondary N) is 1. The second kappa shape index (κ2) is 7.57. The molecule has 0 atom stereocenters. The van der Waals surface area contributed by atoms with Gasteiger partial charge in [-0.25, -0.2) is 8.42 Å². The number of rotatable bonds is 4. The first kappa shape index (κ1) is 19.0. The number of hydrogen-bond acceptors (Lipinski definition) is 6. The van der Waals surface area contributed by atoms with Crippen LogP contribution in [0, 0.1) is 0 Å². The van der Waals surface area contributed by atoms with Crippen LogP contribution in [-0.4, -0.2) is 58.5 Å². The summed E-state index contributed by atoms with van der Waals surface area (Å²) in [5, 5.41) is 2.56. The molecule has 0 radical (unpaired) electrons. The van der Waals surface area contributed by atoms with Crippen molar-refractivity contribution in [2.24, 2.45) is 0 Å². The molecule has 28 heavy (non-hydrogen) atoms. The third kappa shape index (κ3) is 3.65. The molecule has 150 valence electrons. The van der Waals surface area contributed by atoms with Crippen LogP contribution in [0.2, 0.25) is 0 Å². The van der Waals surface area contributed by atoms with Crippen molar-refractivity contribution < 1.29 is 22.4 Å². The summed E-state index contributed by atoms with van der Waals surface area (Å²) in [4.78, 5) is 14.7. The molecule has 2 aromatic rings. The van der Waals surface area contributed by atoms with Gasteiger partial charge in [-0.3, -0.25) is 4.79 Å². The van der Waals surface area contributed by atoms with Gasteiger partial charge in [-0.15, -0.1) is 0 Å². The van der Waals surface area contributed by atoms with E-state index in [1.807, 2.05) is 18.2 Å². The monoisotopic (exact) mass is 405 g/mol. The van der Waals surface area contributed by atoms with E-state index in [0.717, 1.165) is 19.4 Å². The molecule has 4 rings (SSSR count). The lowest BCUT2D eigenvalue weighted by molar-refractivity contribution is 0.0723. The van der Waals surface area contributed by atoms with Crippen LogP contribution in [0.3, 0.4) is 0 Å². The van der Waals surface area contributed by atoms with E-state index in [1.54, 1.807) is 0 Å². The molecule has 3 heterocycles. The minimum absolute atomic E-state index is 0.0401. The summed E-state index contributed by atoms with van der Waals surface area (Å²) in [5.74, 6) is -0.519. The molecule has 1 aromatic heterocycles. The summed E-state index contributed by atoms with van der Waals surface area (Å²) in [6.45, 7) is 2.26. The summed E-state index contributed by atoms with van der Waals surface area (Å²) >= 11 is 0. The number of fused-ring (bicyclic) bond motifs is 1. The molecule has 2 aliphatic heterocycles. The van der Waals surface area contributed by atoms with Gasteiger partial charge in [0.05, 0.1) is 13.2 Å². The fourth-order valence-electron chi connectivity index (χ4n) is 3.55. The molecular formula is C19H23N3O5S. The predicted molar refractivity (Wildman–Crippen MR) is 104 cm³/mol. The number of amides is 1. The van der Waals surface area contributed by atoms with Crippen LogP contribution in [0.4, 0.5) is 11.4 Å². The number of benzene rings is 1. The Morgan fingerprint density at radius 2 is 1.89 bits per heavy atom. The van der Waals surface area contributed by atoms with E-state index in [0.29, 0.717) is 18.9 Å². The number of anilines is 2. The smallest absolute Gasteiger partial charge is 0.291 e. The Kier molecular flexibility index (Phi) is 5.13. The van der Waals surface area contributed by atoms with Gasteiger partial charge in [0.25, 0.3) is 15.9 Å². The Morgan fingerprint density at radius 3 is 2.68 bits per heavy atom. The average Bonchev–Trinajstić information content (AvgIpc) is 3.20. The second-order valence-corrected chi connectivity index (χ2v) is 8.83. The third-order valence-electron chi connectivity index (χ3n) is 5.06. The number of furan rings is 1. The first-order valence-corrected chi connectivity index (χ1v) is 10.7. The van der Waals surface area contributed by atoms with Crippen molar-refractivity contribution in [3.05, 3.63) is 41.7 Å². The fourth-order valence-corrected chi connectivity index (χ4v) is 4.87. The highest BCUT2D eigenvalue weighted by Gasteiger charge is 2.30. The number of ether oxygens (including phenoxy) is 1. The molecule has 8 nitrogen and oxygen atoms in total. The fraction of sp³-hybridized carbons (Fsp3) is 0.421. The molecule has 0 spiro atoms. The van der Waals surface area contributed by atoms with Crippen LogP contribution in [0.1, 0.15) is 22.5 Å². The molecule has 1 saturated heterocycles. The topological polar surface area (TPSA) is 92.1 Å². The van der Waals surface area contributed by atoms with Crippen molar-refractivity contribution in [2.45, 2.75) is 17.9 Å². The van der Waals surface area contributed by atoms with E-state index in [4.69, 9.17) is 9.15 Å². The number of aryl methyl sites for hydroxylation is 1. The van der Waals surface area contributed by atoms with Gasteiger partial charge in [-0.05, 0) is 48.7 Å². The van der Waals surface area contributed by atoms with Gasteiger partial charge < -0.3 is 19.4 Å². The normalized spacial score (nSPS) is 18.0. The molecule has 0 saturated carbocycles. The lowest BCUT2D eigenvalue weighted by atomic mass is 10.0. The number of morpholine rings is 1. The van der Waals surface area contributed by atoms with Gasteiger partial charge in [0, 0.05) is 38.1 Å². The molecule has 0 unspecified atom stereocenters. The van der Waals surface area contributed by atoms with E-state index >= 15 is 0 Å². The summed E-state index contributed by atoms with van der Waals surface area (Å²) in [5.41, 5.74) is 3.01. The van der Waals surface area contributed by atoms with Crippen molar-refractivity contribution in [3.8, 4) is 0 Å². The Balaban J connectivity index is 1.49. The van der Waals surface area contributed by atoms with Gasteiger partial charge in [-0.1, -0.05) is 0 Å². The van der Waals surface area contributed by atoms with Crippen LogP contribution in [0.25, 0.3) is 0 Å². The molecule has 0 aliphatic carbocycles. The Morgan fingerprint density at radius 1 is 1.11 bits per heavy atom. The van der Waals surface area contributed by atoms with Crippen LogP contribution >= 0.6 is 0 Å². The number of sulfonamides is 1. The maximum atomic E-state index is 12.6. The average molecular weight is 405 g/mol. The Hall–Kier alpha value is -2.36. The molecule has 9 heteroatoms. The lowest BCUT2D eigenvalue weighted by Gasteiger charge is -2.27. The van der Waals surface area contributed by atoms with Gasteiger partial charge >= 0.3 is 0 Å². The third-order valence-corrected chi connectivity index (χ3v) is 6.83. The summed E-state index contributed by atoms with van der Waals surface area (Å²) in [6.07, 6.45) is 2.04. The van der Waals surface area contributed by atoms with Crippen LogP contribution in [-0.2, 0) is 21.2 Å². The predicted octanol–water partition coefficient (Wildman–Crippen LogP) is 1.94. The SMILES string of the molecule is CN1CCCc2cc(NC(=O)c3ccc(S(=O)(=O)N4CCOCC4)o3)ccc21. The molecule has 1 N–H and O–H groups in total. The second-order valence-electron chi connectivity index (χ2n) is 6.96. The maximum Gasteiger partial charge on any atom is 0.291 e. The molecule has 1 aromatic carbocycles. The molecule has 1 amide bonds. The lowest BCUT2D eigenvalue weighted by Crippen LogP contribution is -2.40. The number of nitrogens with zero attached hydrogens (tertiary/aromatic N) is 2. The minimum atomic E-state index is -3.76. The zero-order valence-corrected chi connectivity index (χ0v) is 16.5. The molecule has 1 fully saturated rings. The summed E-state index contributed by atoms with van der Waals surface area (Å²) in [6, 6.07) is 8.49. The van der Waals surface area contributed by atoms with Gasteiger partial charge in [0.15, 0.2) is 5.76 Å². The highest BCUT2D eigenvalue weighted by Crippen LogP contribution is 2.29. The van der Waals surface area contributed by atoms with Gasteiger partial charge in [0.2, 0.25) is 5.09 Å². The minimum Gasteiger partial charge on any atom is -0.438 e. The standard InChI is InChI=1S/C19H23N3O5S/c1-21-8-2-3-14-13-15(4-5-16(14)21)20-19(23)17-6-7-18(27-17)28(24,25)22-9-11-26-12-10-22/h4-7,13H,2-3,8-12H2,1H3,(H,20,23). The zero-order valence-electron chi connectivity index (χ0n) is 15.7. The molecule has 0 bridgehead atoms. The highest BCUT2D eigenvalue weighted by atomic mass is 32.2. The van der Waals surface area contributed by atoms with Crippen LogP contribution in [0.15, 0.2) is 39.8 Å². The number of carbonyl (C=O) groups is 1. The van der Waals surface area contributed by atoms with Crippen LogP contribution in [0.5, 0.6) is 0 Å². The van der Waals surface area contributed by atoms with E-state index in [-0.39, 0.29) is 23.9 Å². The number of hydrogen-bond donors (Lipinski definition) is 1. The van der Waals surface area contributed by atoms with E-state index in [9.17, 15) is 13.2 Å². The quantitative estimate of drug-likeness (QED) is 0.836. The largest absolute Gasteiger partial charge is 0.438 e. The Labute approximate surface area is 164 Å². The van der Waals surface area contributed by atoms with Crippen molar-refractivity contribution in [1.29, 1.82) is 0 Å². The summed E-state index contributed by atoms with van der Waals surface area (Å²) < 4.78 is 37.1. The Bertz CT molecular complexity index is 979. The van der Waals surface area contributed by atoms with Gasteiger partial charge in [-0.2, -0.15) is 4.31 Å². The van der Waals surface area contributed by atoms with Crippen LogP contribution < -0.4 is 10.2 Å².